The molecule has 7 heteroatoms. The average Bonchev–Trinajstić information content (AvgIpc) is 2.41. The molecular weight excluding hydrogens is 326 g/mol. The van der Waals surface area contributed by atoms with E-state index >= 15 is 0 Å². The van der Waals surface area contributed by atoms with E-state index in [2.05, 4.69) is 31.9 Å². The van der Waals surface area contributed by atoms with Crippen LogP contribution in [0.4, 0.5) is 10.5 Å². The monoisotopic (exact) mass is 343 g/mol. The average molecular weight is 344 g/mol. The summed E-state index contributed by atoms with van der Waals surface area (Å²) in [7, 11) is 1.45. The van der Waals surface area contributed by atoms with Crippen LogP contribution in [-0.2, 0) is 4.79 Å². The third-order valence-corrected chi connectivity index (χ3v) is 2.96. The molecule has 0 fully saturated rings. The highest BCUT2D eigenvalue weighted by molar-refractivity contribution is 9.10. The van der Waals surface area contributed by atoms with E-state index in [0.29, 0.717) is 18.0 Å². The van der Waals surface area contributed by atoms with Crippen molar-refractivity contribution in [2.24, 2.45) is 0 Å². The van der Waals surface area contributed by atoms with E-state index in [4.69, 9.17) is 4.74 Å². The van der Waals surface area contributed by atoms with Crippen molar-refractivity contribution in [2.45, 2.75) is 19.9 Å². The zero-order valence-electron chi connectivity index (χ0n) is 11.6. The van der Waals surface area contributed by atoms with Gasteiger partial charge in [-0.15, -0.1) is 0 Å². The minimum Gasteiger partial charge on any atom is -0.492 e. The lowest BCUT2D eigenvalue weighted by atomic mass is 10.2. The molecule has 0 bridgehead atoms. The van der Waals surface area contributed by atoms with Gasteiger partial charge in [-0.05, 0) is 32.0 Å². The number of imide groups is 1. The molecule has 110 valence electrons. The maximum atomic E-state index is 11.8. The Morgan fingerprint density at radius 2 is 2.10 bits per heavy atom. The van der Waals surface area contributed by atoms with E-state index in [1.54, 1.807) is 13.0 Å². The molecule has 3 amide bonds. The summed E-state index contributed by atoms with van der Waals surface area (Å²) in [6.45, 7) is 4.07. The van der Waals surface area contributed by atoms with Crippen molar-refractivity contribution in [3.63, 3.8) is 0 Å². The topological polar surface area (TPSA) is 79.5 Å². The number of amides is 3. The van der Waals surface area contributed by atoms with E-state index in [9.17, 15) is 9.59 Å². The van der Waals surface area contributed by atoms with E-state index < -0.39 is 18.0 Å². The number of urea groups is 1. The van der Waals surface area contributed by atoms with Crippen LogP contribution in [0.25, 0.3) is 0 Å². The van der Waals surface area contributed by atoms with Crippen LogP contribution in [0, 0.1) is 0 Å². The maximum Gasteiger partial charge on any atom is 0.321 e. The van der Waals surface area contributed by atoms with E-state index in [-0.39, 0.29) is 0 Å². The van der Waals surface area contributed by atoms with E-state index in [1.807, 2.05) is 19.1 Å². The van der Waals surface area contributed by atoms with E-state index in [0.717, 1.165) is 4.47 Å². The minimum atomic E-state index is -0.583. The van der Waals surface area contributed by atoms with Crippen molar-refractivity contribution in [1.29, 1.82) is 0 Å². The zero-order chi connectivity index (χ0) is 15.1. The Kier molecular flexibility index (Phi) is 6.30. The van der Waals surface area contributed by atoms with Crippen LogP contribution in [0.15, 0.2) is 22.7 Å². The van der Waals surface area contributed by atoms with Crippen LogP contribution < -0.4 is 20.7 Å². The fourth-order valence-corrected chi connectivity index (χ4v) is 1.84. The van der Waals surface area contributed by atoms with Gasteiger partial charge in [-0.3, -0.25) is 10.1 Å². The second kappa shape index (κ2) is 7.74. The molecule has 0 aliphatic carbocycles. The van der Waals surface area contributed by atoms with Gasteiger partial charge in [0.2, 0.25) is 5.91 Å². The molecule has 0 aromatic heterocycles. The first-order valence-corrected chi connectivity index (χ1v) is 6.98. The quantitative estimate of drug-likeness (QED) is 0.764. The SMILES string of the molecule is CCOc1ccc(Br)cc1N[C@H](C)C(=O)NC(=O)NC. The van der Waals surface area contributed by atoms with Gasteiger partial charge in [-0.1, -0.05) is 15.9 Å². The molecule has 0 heterocycles. The van der Waals surface area contributed by atoms with Crippen molar-refractivity contribution in [3.05, 3.63) is 22.7 Å². The number of hydrogen-bond acceptors (Lipinski definition) is 4. The predicted octanol–water partition coefficient (Wildman–Crippen LogP) is 2.10. The number of carbonyl (C=O) groups excluding carboxylic acids is 2. The van der Waals surface area contributed by atoms with Gasteiger partial charge in [0.15, 0.2) is 0 Å². The molecule has 3 N–H and O–H groups in total. The Bertz CT molecular complexity index is 494. The Morgan fingerprint density at radius 3 is 2.70 bits per heavy atom. The molecule has 0 spiro atoms. The lowest BCUT2D eigenvalue weighted by molar-refractivity contribution is -0.120. The number of rotatable bonds is 5. The molecule has 1 rings (SSSR count). The summed E-state index contributed by atoms with van der Waals surface area (Å²) in [6.07, 6.45) is 0. The van der Waals surface area contributed by atoms with Gasteiger partial charge in [0, 0.05) is 11.5 Å². The first-order valence-electron chi connectivity index (χ1n) is 6.19. The Balaban J connectivity index is 2.78. The smallest absolute Gasteiger partial charge is 0.321 e. The molecule has 0 unspecified atom stereocenters. The molecule has 1 aromatic carbocycles. The summed E-state index contributed by atoms with van der Waals surface area (Å²) in [5, 5.41) is 7.55. The molecule has 0 aliphatic rings. The van der Waals surface area contributed by atoms with Gasteiger partial charge in [-0.25, -0.2) is 4.79 Å². The van der Waals surface area contributed by atoms with Gasteiger partial charge >= 0.3 is 6.03 Å². The normalized spacial score (nSPS) is 11.4. The third kappa shape index (κ3) is 4.73. The lowest BCUT2D eigenvalue weighted by Crippen LogP contribution is -2.44. The molecule has 1 aromatic rings. The Morgan fingerprint density at radius 1 is 1.40 bits per heavy atom. The molecule has 20 heavy (non-hydrogen) atoms. The maximum absolute atomic E-state index is 11.8. The summed E-state index contributed by atoms with van der Waals surface area (Å²) in [4.78, 5) is 22.9. The highest BCUT2D eigenvalue weighted by Gasteiger charge is 2.16. The number of hydrogen-bond donors (Lipinski definition) is 3. The van der Waals surface area contributed by atoms with Crippen molar-refractivity contribution >= 4 is 33.6 Å². The number of halogens is 1. The molecular formula is C13H18BrN3O3. The van der Waals surface area contributed by atoms with Gasteiger partial charge in [0.1, 0.15) is 11.8 Å². The minimum absolute atomic E-state index is 0.424. The molecule has 0 saturated carbocycles. The number of carbonyl (C=O) groups is 2. The summed E-state index contributed by atoms with van der Waals surface area (Å²) in [5.41, 5.74) is 0.681. The third-order valence-electron chi connectivity index (χ3n) is 2.47. The first-order chi connectivity index (χ1) is 9.47. The number of anilines is 1. The van der Waals surface area contributed by atoms with Crippen LogP contribution in [0.5, 0.6) is 5.75 Å². The second-order valence-electron chi connectivity index (χ2n) is 4.01. The zero-order valence-corrected chi connectivity index (χ0v) is 13.2. The summed E-state index contributed by atoms with van der Waals surface area (Å²) in [5.74, 6) is 0.224. The highest BCUT2D eigenvalue weighted by atomic mass is 79.9. The van der Waals surface area contributed by atoms with Crippen molar-refractivity contribution in [1.82, 2.24) is 10.6 Å². The number of benzene rings is 1. The van der Waals surface area contributed by atoms with Gasteiger partial charge in [-0.2, -0.15) is 0 Å². The summed E-state index contributed by atoms with van der Waals surface area (Å²) in [6, 6.07) is 4.35. The van der Waals surface area contributed by atoms with Crippen LogP contribution in [0.1, 0.15) is 13.8 Å². The predicted molar refractivity (Wildman–Crippen MR) is 81.0 cm³/mol. The standard InChI is InChI=1S/C13H18BrN3O3/c1-4-20-11-6-5-9(14)7-10(11)16-8(2)12(18)17-13(19)15-3/h5-8,16H,4H2,1-3H3,(H2,15,17,18,19)/t8-/m1/s1. The van der Waals surface area contributed by atoms with Gasteiger partial charge in [0.05, 0.1) is 12.3 Å². The highest BCUT2D eigenvalue weighted by Crippen LogP contribution is 2.28. The van der Waals surface area contributed by atoms with Gasteiger partial charge in [0.25, 0.3) is 0 Å². The van der Waals surface area contributed by atoms with Crippen LogP contribution >= 0.6 is 15.9 Å². The fourth-order valence-electron chi connectivity index (χ4n) is 1.48. The Hall–Kier alpha value is -1.76. The molecule has 0 aliphatic heterocycles. The van der Waals surface area contributed by atoms with Crippen LogP contribution in [0.2, 0.25) is 0 Å². The number of ether oxygens (including phenoxy) is 1. The molecule has 1 atom stereocenters. The van der Waals surface area contributed by atoms with Gasteiger partial charge < -0.3 is 15.4 Å². The Labute approximate surface area is 126 Å². The first kappa shape index (κ1) is 16.3. The van der Waals surface area contributed by atoms with Crippen molar-refractivity contribution in [3.8, 4) is 5.75 Å². The largest absolute Gasteiger partial charge is 0.492 e. The van der Waals surface area contributed by atoms with Crippen molar-refractivity contribution in [2.75, 3.05) is 19.0 Å². The second-order valence-corrected chi connectivity index (χ2v) is 4.92. The fraction of sp³-hybridized carbons (Fsp3) is 0.385. The molecule has 0 saturated heterocycles. The van der Waals surface area contributed by atoms with Crippen LogP contribution in [0.3, 0.4) is 0 Å². The van der Waals surface area contributed by atoms with Crippen LogP contribution in [-0.4, -0.2) is 31.6 Å². The lowest BCUT2D eigenvalue weighted by Gasteiger charge is -2.17. The van der Waals surface area contributed by atoms with Crippen molar-refractivity contribution < 1.29 is 14.3 Å². The molecule has 0 radical (unpaired) electrons. The summed E-state index contributed by atoms with van der Waals surface area (Å²) >= 11 is 3.37. The molecule has 6 nitrogen and oxygen atoms in total. The number of nitrogens with one attached hydrogen (secondary N) is 3. The summed E-state index contributed by atoms with van der Waals surface area (Å²) < 4.78 is 6.34. The van der Waals surface area contributed by atoms with E-state index in [1.165, 1.54) is 7.05 Å².